The maximum Gasteiger partial charge on any atom is 0.472 e. The zero-order chi connectivity index (χ0) is 40.2. The molecule has 0 radical (unpaired) electrons. The lowest BCUT2D eigenvalue weighted by atomic mass is 10.0. The molecule has 0 spiro atoms. The van der Waals surface area contributed by atoms with Gasteiger partial charge in [0.25, 0.3) is 0 Å². The number of ether oxygens (including phenoxy) is 2. The third-order valence-electron chi connectivity index (χ3n) is 10.4. The van der Waals surface area contributed by atoms with Gasteiger partial charge in [-0.25, -0.2) is 4.57 Å². The molecule has 2 atom stereocenters. The van der Waals surface area contributed by atoms with Crippen molar-refractivity contribution in [2.24, 2.45) is 5.73 Å². The number of hydrogen-bond acceptors (Lipinski definition) is 7. The number of carbonyl (C=O) groups excluding carboxylic acids is 1. The van der Waals surface area contributed by atoms with Crippen molar-refractivity contribution >= 4 is 13.8 Å². The van der Waals surface area contributed by atoms with E-state index in [0.29, 0.717) is 13.0 Å². The molecule has 0 rings (SSSR count). The van der Waals surface area contributed by atoms with Crippen LogP contribution in [-0.2, 0) is 27.9 Å². The Labute approximate surface area is 341 Å². The Kier molecular flexibility index (Phi) is 43.7. The molecule has 2 unspecified atom stereocenters. The first kappa shape index (κ1) is 54.2. The van der Waals surface area contributed by atoms with E-state index in [1.54, 1.807) is 0 Å². The molecular formula is C46H92NO7P. The summed E-state index contributed by atoms with van der Waals surface area (Å²) < 4.78 is 33.5. The quantitative estimate of drug-likeness (QED) is 0.0270. The van der Waals surface area contributed by atoms with Gasteiger partial charge in [-0.2, -0.15) is 0 Å². The van der Waals surface area contributed by atoms with Gasteiger partial charge in [-0.3, -0.25) is 13.8 Å². The first-order valence-corrected chi connectivity index (χ1v) is 25.2. The molecule has 0 aliphatic rings. The SMILES string of the molecule is CCCCCCCCC/C=C\CCCCCCCCCCOCC(COP(=O)(O)OCCN)OC(=O)CCCCCCCCCCCCCCCCCCC. The van der Waals surface area contributed by atoms with Crippen LogP contribution in [0.25, 0.3) is 0 Å². The summed E-state index contributed by atoms with van der Waals surface area (Å²) in [6.45, 7) is 4.97. The third kappa shape index (κ3) is 44.2. The second-order valence-electron chi connectivity index (χ2n) is 16.0. The van der Waals surface area contributed by atoms with E-state index in [4.69, 9.17) is 24.3 Å². The van der Waals surface area contributed by atoms with Gasteiger partial charge in [-0.05, 0) is 38.5 Å². The Hall–Kier alpha value is -0.760. The van der Waals surface area contributed by atoms with Crippen LogP contribution >= 0.6 is 7.82 Å². The normalized spacial score (nSPS) is 13.5. The van der Waals surface area contributed by atoms with Gasteiger partial charge in [0.1, 0.15) is 6.10 Å². The fourth-order valence-electron chi connectivity index (χ4n) is 6.93. The van der Waals surface area contributed by atoms with Gasteiger partial charge in [-0.15, -0.1) is 0 Å². The Morgan fingerprint density at radius 3 is 1.33 bits per heavy atom. The zero-order valence-corrected chi connectivity index (χ0v) is 37.3. The second kappa shape index (κ2) is 44.3. The fraction of sp³-hybridized carbons (Fsp3) is 0.935. The molecule has 55 heavy (non-hydrogen) atoms. The predicted molar refractivity (Wildman–Crippen MR) is 234 cm³/mol. The molecule has 0 heterocycles. The highest BCUT2D eigenvalue weighted by atomic mass is 31.2. The smallest absolute Gasteiger partial charge is 0.457 e. The number of unbranched alkanes of at least 4 members (excludes halogenated alkanes) is 31. The van der Waals surface area contributed by atoms with Crippen molar-refractivity contribution in [3.63, 3.8) is 0 Å². The molecule has 0 fully saturated rings. The van der Waals surface area contributed by atoms with E-state index in [1.165, 1.54) is 186 Å². The molecule has 0 aromatic heterocycles. The molecule has 3 N–H and O–H groups in total. The zero-order valence-electron chi connectivity index (χ0n) is 36.4. The molecule has 0 aliphatic carbocycles. The number of carbonyl (C=O) groups is 1. The van der Waals surface area contributed by atoms with Gasteiger partial charge in [0.05, 0.1) is 19.8 Å². The van der Waals surface area contributed by atoms with Crippen LogP contribution in [0.4, 0.5) is 0 Å². The van der Waals surface area contributed by atoms with Crippen molar-refractivity contribution in [1.29, 1.82) is 0 Å². The van der Waals surface area contributed by atoms with Crippen molar-refractivity contribution in [2.45, 2.75) is 245 Å². The van der Waals surface area contributed by atoms with Crippen LogP contribution < -0.4 is 5.73 Å². The standard InChI is InChI=1S/C46H92NO7P/c1-3-5-7-9-11-13-15-17-19-21-22-24-26-28-30-32-34-36-38-41-51-43-45(44-53-55(49,50)52-42-40-47)54-46(48)39-37-35-33-31-29-27-25-23-20-18-16-14-12-10-8-6-4-2/h19,21,45H,3-18,20,22-44,47H2,1-2H3,(H,49,50)/b21-19-. The number of esters is 1. The minimum absolute atomic E-state index is 0.0925. The Bertz CT molecular complexity index is 858. The van der Waals surface area contributed by atoms with Crippen molar-refractivity contribution in [3.05, 3.63) is 12.2 Å². The average molecular weight is 802 g/mol. The molecule has 0 amide bonds. The molecule has 0 aromatic rings. The highest BCUT2D eigenvalue weighted by molar-refractivity contribution is 7.47. The Morgan fingerprint density at radius 2 is 0.909 bits per heavy atom. The molecule has 0 bridgehead atoms. The van der Waals surface area contributed by atoms with E-state index in [1.807, 2.05) is 0 Å². The monoisotopic (exact) mass is 802 g/mol. The predicted octanol–water partition coefficient (Wildman–Crippen LogP) is 14.3. The van der Waals surface area contributed by atoms with E-state index < -0.39 is 13.9 Å². The van der Waals surface area contributed by atoms with Crippen molar-refractivity contribution in [1.82, 2.24) is 0 Å². The Morgan fingerprint density at radius 1 is 0.527 bits per heavy atom. The van der Waals surface area contributed by atoms with E-state index in [9.17, 15) is 14.3 Å². The van der Waals surface area contributed by atoms with Crippen LogP contribution in [0.3, 0.4) is 0 Å². The molecule has 0 saturated carbocycles. The van der Waals surface area contributed by atoms with E-state index in [2.05, 4.69) is 26.0 Å². The molecule has 9 heteroatoms. The lowest BCUT2D eigenvalue weighted by Gasteiger charge is -2.20. The van der Waals surface area contributed by atoms with Gasteiger partial charge in [0.15, 0.2) is 0 Å². The minimum atomic E-state index is -4.27. The van der Waals surface area contributed by atoms with E-state index in [0.717, 1.165) is 32.1 Å². The Balaban J connectivity index is 3.95. The summed E-state index contributed by atoms with van der Waals surface area (Å²) in [6, 6.07) is 0. The summed E-state index contributed by atoms with van der Waals surface area (Å²) in [5.41, 5.74) is 5.38. The van der Waals surface area contributed by atoms with Crippen LogP contribution in [0.15, 0.2) is 12.2 Å². The van der Waals surface area contributed by atoms with Crippen LogP contribution in [0.1, 0.15) is 239 Å². The second-order valence-corrected chi connectivity index (χ2v) is 17.4. The maximum atomic E-state index is 12.6. The fourth-order valence-corrected chi connectivity index (χ4v) is 7.70. The maximum absolute atomic E-state index is 12.6. The van der Waals surface area contributed by atoms with Crippen molar-refractivity contribution < 1.29 is 32.8 Å². The number of hydrogen-bond donors (Lipinski definition) is 2. The summed E-state index contributed by atoms with van der Waals surface area (Å²) in [5.74, 6) is -0.326. The van der Waals surface area contributed by atoms with Gasteiger partial charge in [-0.1, -0.05) is 206 Å². The highest BCUT2D eigenvalue weighted by Gasteiger charge is 2.25. The highest BCUT2D eigenvalue weighted by Crippen LogP contribution is 2.43. The molecule has 0 aromatic carbocycles. The topological polar surface area (TPSA) is 117 Å². The summed E-state index contributed by atoms with van der Waals surface area (Å²) in [7, 11) is -4.27. The summed E-state index contributed by atoms with van der Waals surface area (Å²) in [4.78, 5) is 22.5. The van der Waals surface area contributed by atoms with Gasteiger partial charge in [0.2, 0.25) is 0 Å². The van der Waals surface area contributed by atoms with Crippen LogP contribution in [0, 0.1) is 0 Å². The first-order chi connectivity index (χ1) is 26.9. The van der Waals surface area contributed by atoms with Gasteiger partial charge < -0.3 is 20.1 Å². The lowest BCUT2D eigenvalue weighted by molar-refractivity contribution is -0.154. The minimum Gasteiger partial charge on any atom is -0.457 e. The van der Waals surface area contributed by atoms with E-state index >= 15 is 0 Å². The van der Waals surface area contributed by atoms with Crippen LogP contribution in [0.5, 0.6) is 0 Å². The van der Waals surface area contributed by atoms with Gasteiger partial charge >= 0.3 is 13.8 Å². The molecule has 0 aliphatic heterocycles. The molecule has 328 valence electrons. The number of phosphoric ester groups is 1. The third-order valence-corrected chi connectivity index (χ3v) is 11.4. The number of phosphoric acid groups is 1. The first-order valence-electron chi connectivity index (χ1n) is 23.7. The van der Waals surface area contributed by atoms with Gasteiger partial charge in [0, 0.05) is 19.6 Å². The number of rotatable bonds is 46. The van der Waals surface area contributed by atoms with Crippen LogP contribution in [-0.4, -0.2) is 49.9 Å². The largest absolute Gasteiger partial charge is 0.472 e. The van der Waals surface area contributed by atoms with Crippen LogP contribution in [0.2, 0.25) is 0 Å². The molecule has 8 nitrogen and oxygen atoms in total. The summed E-state index contributed by atoms with van der Waals surface area (Å²) in [5, 5.41) is 0. The molecule has 0 saturated heterocycles. The summed E-state index contributed by atoms with van der Waals surface area (Å²) in [6.07, 6.45) is 48.0. The van der Waals surface area contributed by atoms with E-state index in [-0.39, 0.29) is 32.3 Å². The summed E-state index contributed by atoms with van der Waals surface area (Å²) >= 11 is 0. The number of nitrogens with two attached hydrogens (primary N) is 1. The van der Waals surface area contributed by atoms with Crippen molar-refractivity contribution in [3.8, 4) is 0 Å². The van der Waals surface area contributed by atoms with Crippen molar-refractivity contribution in [2.75, 3.05) is 33.0 Å². The lowest BCUT2D eigenvalue weighted by Crippen LogP contribution is -2.28. The number of allylic oxidation sites excluding steroid dienone is 2. The average Bonchev–Trinajstić information content (AvgIpc) is 3.17. The molecular weight excluding hydrogens is 709 g/mol.